The van der Waals surface area contributed by atoms with E-state index in [9.17, 15) is 14.9 Å². The van der Waals surface area contributed by atoms with Crippen molar-refractivity contribution in [3.63, 3.8) is 0 Å². The number of piperazine rings is 1. The zero-order valence-corrected chi connectivity index (χ0v) is 15.6. The summed E-state index contributed by atoms with van der Waals surface area (Å²) in [7, 11) is 0. The Labute approximate surface area is 160 Å². The van der Waals surface area contributed by atoms with Crippen molar-refractivity contribution in [1.29, 1.82) is 5.26 Å². The largest absolute Gasteiger partial charge is 0.339 e. The van der Waals surface area contributed by atoms with Crippen molar-refractivity contribution < 1.29 is 9.59 Å². The number of aromatic nitrogens is 2. The lowest BCUT2D eigenvalue weighted by molar-refractivity contribution is -0.130. The van der Waals surface area contributed by atoms with Crippen LogP contribution in [0.5, 0.6) is 0 Å². The van der Waals surface area contributed by atoms with E-state index in [4.69, 9.17) is 0 Å². The zero-order chi connectivity index (χ0) is 19.0. The summed E-state index contributed by atoms with van der Waals surface area (Å²) in [6, 6.07) is 9.33. The number of benzene rings is 1. The monoisotopic (exact) mass is 379 g/mol. The third kappa shape index (κ3) is 3.06. The molecule has 27 heavy (non-hydrogen) atoms. The van der Waals surface area contributed by atoms with Crippen molar-refractivity contribution >= 4 is 28.1 Å². The standard InChI is InChI=1S/C19H17N5O2S/c1-13(25)22-5-7-23(8-6-22)18(26)16-17(24-9-10-27-19(24)21-16)15-4-2-3-14(11-15)12-20/h2-4,9-11H,5-8H2,1H3. The summed E-state index contributed by atoms with van der Waals surface area (Å²) >= 11 is 1.46. The number of amides is 2. The van der Waals surface area contributed by atoms with E-state index in [-0.39, 0.29) is 11.8 Å². The van der Waals surface area contributed by atoms with Crippen molar-refractivity contribution in [2.24, 2.45) is 0 Å². The van der Waals surface area contributed by atoms with Gasteiger partial charge in [0.2, 0.25) is 5.91 Å². The number of fused-ring (bicyclic) bond motifs is 1. The lowest BCUT2D eigenvalue weighted by Crippen LogP contribution is -2.50. The molecular weight excluding hydrogens is 362 g/mol. The number of hydrogen-bond acceptors (Lipinski definition) is 5. The van der Waals surface area contributed by atoms with Gasteiger partial charge in [-0.05, 0) is 12.1 Å². The van der Waals surface area contributed by atoms with Crippen LogP contribution in [0.15, 0.2) is 35.8 Å². The normalized spacial score (nSPS) is 14.4. The zero-order valence-electron chi connectivity index (χ0n) is 14.8. The minimum atomic E-state index is -0.147. The van der Waals surface area contributed by atoms with E-state index in [0.717, 1.165) is 10.5 Å². The van der Waals surface area contributed by atoms with E-state index < -0.39 is 0 Å². The fourth-order valence-electron chi connectivity index (χ4n) is 3.32. The van der Waals surface area contributed by atoms with Gasteiger partial charge in [0.25, 0.3) is 5.91 Å². The summed E-state index contributed by atoms with van der Waals surface area (Å²) in [5, 5.41) is 11.1. The summed E-state index contributed by atoms with van der Waals surface area (Å²) in [4.78, 5) is 33.5. The van der Waals surface area contributed by atoms with Crippen molar-refractivity contribution in [1.82, 2.24) is 19.2 Å². The van der Waals surface area contributed by atoms with E-state index >= 15 is 0 Å². The molecule has 2 aromatic heterocycles. The van der Waals surface area contributed by atoms with Crippen LogP contribution in [0.2, 0.25) is 0 Å². The molecule has 1 aliphatic heterocycles. The Morgan fingerprint density at radius 1 is 1.19 bits per heavy atom. The minimum Gasteiger partial charge on any atom is -0.339 e. The molecule has 1 fully saturated rings. The van der Waals surface area contributed by atoms with Gasteiger partial charge in [-0.25, -0.2) is 4.98 Å². The number of imidazole rings is 1. The molecule has 1 aromatic carbocycles. The lowest BCUT2D eigenvalue weighted by Gasteiger charge is -2.34. The first-order valence-corrected chi connectivity index (χ1v) is 9.47. The third-order valence-corrected chi connectivity index (χ3v) is 5.50. The molecule has 0 saturated carbocycles. The van der Waals surface area contributed by atoms with Crippen LogP contribution >= 0.6 is 11.3 Å². The molecule has 0 bridgehead atoms. The van der Waals surface area contributed by atoms with Gasteiger partial charge in [0.1, 0.15) is 0 Å². The Hall–Kier alpha value is -3.18. The highest BCUT2D eigenvalue weighted by molar-refractivity contribution is 7.15. The van der Waals surface area contributed by atoms with Crippen LogP contribution in [0.25, 0.3) is 16.2 Å². The fraction of sp³-hybridized carbons (Fsp3) is 0.263. The Kier molecular flexibility index (Phi) is 4.38. The van der Waals surface area contributed by atoms with Gasteiger partial charge >= 0.3 is 0 Å². The number of hydrogen-bond donors (Lipinski definition) is 0. The maximum atomic E-state index is 13.2. The van der Waals surface area contributed by atoms with Gasteiger partial charge in [-0.2, -0.15) is 5.26 Å². The third-order valence-electron chi connectivity index (χ3n) is 4.74. The first kappa shape index (κ1) is 17.2. The molecule has 0 spiro atoms. The summed E-state index contributed by atoms with van der Waals surface area (Å²) in [6.45, 7) is 3.58. The Bertz CT molecular complexity index is 1070. The molecule has 3 aromatic rings. The first-order valence-electron chi connectivity index (χ1n) is 8.59. The molecule has 4 rings (SSSR count). The average Bonchev–Trinajstić information content (AvgIpc) is 3.28. The highest BCUT2D eigenvalue weighted by Crippen LogP contribution is 2.29. The molecular formula is C19H17N5O2S. The molecule has 2 amide bonds. The van der Waals surface area contributed by atoms with Crippen LogP contribution in [-0.4, -0.2) is 57.2 Å². The molecule has 0 unspecified atom stereocenters. The first-order chi connectivity index (χ1) is 13.1. The second kappa shape index (κ2) is 6.85. The van der Waals surface area contributed by atoms with Crippen LogP contribution < -0.4 is 0 Å². The summed E-state index contributed by atoms with van der Waals surface area (Å²) in [6.07, 6.45) is 1.88. The van der Waals surface area contributed by atoms with Gasteiger partial charge in [-0.1, -0.05) is 12.1 Å². The van der Waals surface area contributed by atoms with E-state index in [2.05, 4.69) is 11.1 Å². The molecule has 136 valence electrons. The molecule has 1 saturated heterocycles. The summed E-state index contributed by atoms with van der Waals surface area (Å²) < 4.78 is 1.89. The lowest BCUT2D eigenvalue weighted by atomic mass is 10.1. The average molecular weight is 379 g/mol. The van der Waals surface area contributed by atoms with Gasteiger partial charge in [0, 0.05) is 50.2 Å². The second-order valence-corrected chi connectivity index (χ2v) is 7.23. The van der Waals surface area contributed by atoms with Crippen molar-refractivity contribution in [2.45, 2.75) is 6.92 Å². The number of nitriles is 1. The van der Waals surface area contributed by atoms with Crippen LogP contribution in [0, 0.1) is 11.3 Å². The number of nitrogens with zero attached hydrogens (tertiary/aromatic N) is 5. The van der Waals surface area contributed by atoms with Crippen LogP contribution in [0.3, 0.4) is 0 Å². The topological polar surface area (TPSA) is 81.7 Å². The highest BCUT2D eigenvalue weighted by Gasteiger charge is 2.28. The Balaban J connectivity index is 1.72. The molecule has 1 aliphatic rings. The smallest absolute Gasteiger partial charge is 0.274 e. The van der Waals surface area contributed by atoms with Crippen molar-refractivity contribution in [3.8, 4) is 17.3 Å². The van der Waals surface area contributed by atoms with E-state index in [0.29, 0.717) is 43.1 Å². The molecule has 3 heterocycles. The molecule has 0 aliphatic carbocycles. The van der Waals surface area contributed by atoms with Gasteiger partial charge in [-0.15, -0.1) is 11.3 Å². The Morgan fingerprint density at radius 3 is 2.63 bits per heavy atom. The number of rotatable bonds is 2. The predicted octanol–water partition coefficient (Wildman–Crippen LogP) is 2.24. The molecule has 0 N–H and O–H groups in total. The van der Waals surface area contributed by atoms with Gasteiger partial charge in [0.15, 0.2) is 10.7 Å². The maximum absolute atomic E-state index is 13.2. The highest BCUT2D eigenvalue weighted by atomic mass is 32.1. The van der Waals surface area contributed by atoms with Gasteiger partial charge in [0.05, 0.1) is 17.3 Å². The SMILES string of the molecule is CC(=O)N1CCN(C(=O)c2nc3sccn3c2-c2cccc(C#N)c2)CC1. The number of carbonyl (C=O) groups excluding carboxylic acids is 2. The van der Waals surface area contributed by atoms with Crippen LogP contribution in [-0.2, 0) is 4.79 Å². The quantitative estimate of drug-likeness (QED) is 0.684. The van der Waals surface area contributed by atoms with Crippen molar-refractivity contribution in [3.05, 3.63) is 47.1 Å². The predicted molar refractivity (Wildman–Crippen MR) is 101 cm³/mol. The molecule has 8 heteroatoms. The van der Waals surface area contributed by atoms with Gasteiger partial charge < -0.3 is 9.80 Å². The van der Waals surface area contributed by atoms with Gasteiger partial charge in [-0.3, -0.25) is 14.0 Å². The second-order valence-electron chi connectivity index (χ2n) is 6.36. The fourth-order valence-corrected chi connectivity index (χ4v) is 4.03. The number of carbonyl (C=O) groups is 2. The maximum Gasteiger partial charge on any atom is 0.274 e. The number of thiazole rings is 1. The molecule has 7 nitrogen and oxygen atoms in total. The van der Waals surface area contributed by atoms with Crippen LogP contribution in [0.4, 0.5) is 0 Å². The van der Waals surface area contributed by atoms with Crippen molar-refractivity contribution in [2.75, 3.05) is 26.2 Å². The van der Waals surface area contributed by atoms with E-state index in [1.54, 1.807) is 34.9 Å². The van der Waals surface area contributed by atoms with E-state index in [1.165, 1.54) is 11.3 Å². The summed E-state index contributed by atoms with van der Waals surface area (Å²) in [5.74, 6) is -0.120. The molecule has 0 radical (unpaired) electrons. The molecule has 0 atom stereocenters. The Morgan fingerprint density at radius 2 is 1.93 bits per heavy atom. The summed E-state index contributed by atoms with van der Waals surface area (Å²) in [5.41, 5.74) is 2.40. The minimum absolute atomic E-state index is 0.0265. The van der Waals surface area contributed by atoms with E-state index in [1.807, 2.05) is 22.0 Å². The van der Waals surface area contributed by atoms with Crippen LogP contribution in [0.1, 0.15) is 23.0 Å².